The first kappa shape index (κ1) is 13.8. The Morgan fingerprint density at radius 2 is 2.06 bits per heavy atom. The second kappa shape index (κ2) is 6.45. The number of hydrogen-bond donors (Lipinski definition) is 5. The fraction of sp³-hybridized carbons (Fsp3) is 0.273. The number of aromatic carboxylic acids is 1. The average molecular weight is 253 g/mol. The monoisotopic (exact) mass is 253 g/mol. The van der Waals surface area contributed by atoms with Gasteiger partial charge >= 0.3 is 12.0 Å². The molecule has 7 heteroatoms. The van der Waals surface area contributed by atoms with E-state index in [1.165, 1.54) is 18.2 Å². The van der Waals surface area contributed by atoms with Crippen LogP contribution in [-0.2, 0) is 0 Å². The number of carbonyl (C=O) groups is 2. The van der Waals surface area contributed by atoms with Crippen LogP contribution < -0.4 is 16.4 Å². The lowest BCUT2D eigenvalue weighted by molar-refractivity contribution is 0.0694. The first-order chi connectivity index (χ1) is 8.56. The molecule has 98 valence electrons. The van der Waals surface area contributed by atoms with Crippen LogP contribution in [0.5, 0.6) is 5.75 Å². The third kappa shape index (κ3) is 3.63. The van der Waals surface area contributed by atoms with Crippen LogP contribution in [0.15, 0.2) is 18.2 Å². The molecule has 7 nitrogen and oxygen atoms in total. The summed E-state index contributed by atoms with van der Waals surface area (Å²) in [4.78, 5) is 22.2. The molecule has 0 atom stereocenters. The number of carboxylic acids is 1. The van der Waals surface area contributed by atoms with Gasteiger partial charge < -0.3 is 26.6 Å². The van der Waals surface area contributed by atoms with Crippen molar-refractivity contribution < 1.29 is 19.8 Å². The highest BCUT2D eigenvalue weighted by Gasteiger charge is 2.14. The van der Waals surface area contributed by atoms with Crippen LogP contribution in [0.4, 0.5) is 10.5 Å². The number of amides is 2. The number of nitrogens with two attached hydrogens (primary N) is 1. The highest BCUT2D eigenvalue weighted by Crippen LogP contribution is 2.27. The van der Waals surface area contributed by atoms with Crippen molar-refractivity contribution in [3.63, 3.8) is 0 Å². The Bertz CT molecular complexity index is 448. The Hall–Kier alpha value is -2.28. The topological polar surface area (TPSA) is 125 Å². The molecular weight excluding hydrogens is 238 g/mol. The van der Waals surface area contributed by atoms with Crippen molar-refractivity contribution in [3.05, 3.63) is 23.8 Å². The molecule has 0 saturated carbocycles. The van der Waals surface area contributed by atoms with Crippen molar-refractivity contribution in [3.8, 4) is 5.75 Å². The SMILES string of the molecule is NCCCNC(=O)Nc1cccc(C(=O)O)c1O. The van der Waals surface area contributed by atoms with E-state index in [1.807, 2.05) is 0 Å². The molecule has 2 amide bonds. The smallest absolute Gasteiger partial charge is 0.339 e. The van der Waals surface area contributed by atoms with E-state index >= 15 is 0 Å². The number of benzene rings is 1. The zero-order valence-corrected chi connectivity index (χ0v) is 9.64. The molecule has 0 bridgehead atoms. The number of aromatic hydroxyl groups is 1. The third-order valence-corrected chi connectivity index (χ3v) is 2.18. The van der Waals surface area contributed by atoms with Gasteiger partial charge in [-0.05, 0) is 25.1 Å². The summed E-state index contributed by atoms with van der Waals surface area (Å²) >= 11 is 0. The van der Waals surface area contributed by atoms with E-state index in [4.69, 9.17) is 10.8 Å². The van der Waals surface area contributed by atoms with Crippen molar-refractivity contribution >= 4 is 17.7 Å². The van der Waals surface area contributed by atoms with Crippen LogP contribution in [0.25, 0.3) is 0 Å². The number of urea groups is 1. The second-order valence-corrected chi connectivity index (χ2v) is 3.53. The number of para-hydroxylation sites is 1. The van der Waals surface area contributed by atoms with Crippen molar-refractivity contribution in [1.29, 1.82) is 0 Å². The molecule has 0 spiro atoms. The van der Waals surface area contributed by atoms with E-state index in [9.17, 15) is 14.7 Å². The molecule has 1 aromatic carbocycles. The minimum atomic E-state index is -1.26. The van der Waals surface area contributed by atoms with Gasteiger partial charge in [0.25, 0.3) is 0 Å². The fourth-order valence-corrected chi connectivity index (χ4v) is 1.29. The number of carboxylic acid groups (broad SMARTS) is 1. The van der Waals surface area contributed by atoms with Crippen LogP contribution in [0.3, 0.4) is 0 Å². The van der Waals surface area contributed by atoms with E-state index in [1.54, 1.807) is 0 Å². The summed E-state index contributed by atoms with van der Waals surface area (Å²) in [5.74, 6) is -1.74. The number of carbonyl (C=O) groups excluding carboxylic acids is 1. The molecule has 0 saturated heterocycles. The van der Waals surface area contributed by atoms with E-state index < -0.39 is 17.7 Å². The van der Waals surface area contributed by atoms with Gasteiger partial charge in [0.15, 0.2) is 5.75 Å². The lowest BCUT2D eigenvalue weighted by Gasteiger charge is -2.09. The highest BCUT2D eigenvalue weighted by molar-refractivity contribution is 5.97. The molecule has 0 heterocycles. The van der Waals surface area contributed by atoms with Gasteiger partial charge in [-0.3, -0.25) is 0 Å². The predicted octanol–water partition coefficient (Wildman–Crippen LogP) is 0.561. The van der Waals surface area contributed by atoms with Crippen LogP contribution in [-0.4, -0.2) is 35.3 Å². The van der Waals surface area contributed by atoms with Gasteiger partial charge in [0, 0.05) is 6.54 Å². The third-order valence-electron chi connectivity index (χ3n) is 2.18. The lowest BCUT2D eigenvalue weighted by atomic mass is 10.2. The summed E-state index contributed by atoms with van der Waals surface area (Å²) in [5, 5.41) is 23.3. The molecule has 1 rings (SSSR count). The molecule has 0 aliphatic heterocycles. The maximum absolute atomic E-state index is 11.4. The van der Waals surface area contributed by atoms with Crippen LogP contribution in [0, 0.1) is 0 Å². The highest BCUT2D eigenvalue weighted by atomic mass is 16.4. The standard InChI is InChI=1S/C11H15N3O4/c12-5-2-6-13-11(18)14-8-4-1-3-7(9(8)15)10(16)17/h1,3-4,15H,2,5-6,12H2,(H,16,17)(H2,13,14,18). The van der Waals surface area contributed by atoms with Crippen LogP contribution in [0.2, 0.25) is 0 Å². The molecule has 0 radical (unpaired) electrons. The van der Waals surface area contributed by atoms with Gasteiger partial charge in [-0.1, -0.05) is 6.07 Å². The molecule has 18 heavy (non-hydrogen) atoms. The Labute approximate surface area is 104 Å². The Kier molecular flexibility index (Phi) is 4.94. The number of anilines is 1. The summed E-state index contributed by atoms with van der Waals surface area (Å²) in [6.07, 6.45) is 0.633. The van der Waals surface area contributed by atoms with E-state index in [2.05, 4.69) is 10.6 Å². The number of hydrogen-bond acceptors (Lipinski definition) is 4. The van der Waals surface area contributed by atoms with Crippen LogP contribution >= 0.6 is 0 Å². The Morgan fingerprint density at radius 3 is 2.67 bits per heavy atom. The summed E-state index contributed by atoms with van der Waals surface area (Å²) in [6.45, 7) is 0.863. The molecule has 0 aromatic heterocycles. The van der Waals surface area contributed by atoms with Gasteiger partial charge in [-0.15, -0.1) is 0 Å². The number of rotatable bonds is 5. The van der Waals surface area contributed by atoms with E-state index in [-0.39, 0.29) is 11.3 Å². The second-order valence-electron chi connectivity index (χ2n) is 3.53. The minimum absolute atomic E-state index is 0.0418. The minimum Gasteiger partial charge on any atom is -0.505 e. The van der Waals surface area contributed by atoms with Gasteiger partial charge in [0.2, 0.25) is 0 Å². The summed E-state index contributed by atoms with van der Waals surface area (Å²) in [6, 6.07) is 3.55. The molecule has 0 unspecified atom stereocenters. The lowest BCUT2D eigenvalue weighted by Crippen LogP contribution is -2.30. The van der Waals surface area contributed by atoms with E-state index in [0.29, 0.717) is 19.5 Å². The van der Waals surface area contributed by atoms with E-state index in [0.717, 1.165) is 0 Å². The first-order valence-corrected chi connectivity index (χ1v) is 5.36. The predicted molar refractivity (Wildman–Crippen MR) is 65.8 cm³/mol. The van der Waals surface area contributed by atoms with Gasteiger partial charge in [0.1, 0.15) is 5.56 Å². The molecule has 0 aliphatic rings. The number of phenols is 1. The molecule has 1 aromatic rings. The molecule has 0 aliphatic carbocycles. The quantitative estimate of drug-likeness (QED) is 0.387. The van der Waals surface area contributed by atoms with Crippen LogP contribution in [0.1, 0.15) is 16.8 Å². The summed E-state index contributed by atoms with van der Waals surface area (Å²) in [5.41, 5.74) is 5.04. The molecule has 0 fully saturated rings. The number of nitrogens with one attached hydrogen (secondary N) is 2. The Balaban J connectivity index is 2.70. The maximum atomic E-state index is 11.4. The zero-order chi connectivity index (χ0) is 13.5. The normalized spacial score (nSPS) is 9.83. The molecular formula is C11H15N3O4. The Morgan fingerprint density at radius 1 is 1.33 bits per heavy atom. The van der Waals surface area contributed by atoms with Crippen molar-refractivity contribution in [2.24, 2.45) is 5.73 Å². The summed E-state index contributed by atoms with van der Waals surface area (Å²) in [7, 11) is 0. The van der Waals surface area contributed by atoms with Gasteiger partial charge in [-0.2, -0.15) is 0 Å². The van der Waals surface area contributed by atoms with Crippen molar-refractivity contribution in [2.75, 3.05) is 18.4 Å². The maximum Gasteiger partial charge on any atom is 0.339 e. The van der Waals surface area contributed by atoms with Gasteiger partial charge in [-0.25, -0.2) is 9.59 Å². The van der Waals surface area contributed by atoms with Gasteiger partial charge in [0.05, 0.1) is 5.69 Å². The average Bonchev–Trinajstić information content (AvgIpc) is 2.32. The zero-order valence-electron chi connectivity index (χ0n) is 9.64. The summed E-state index contributed by atoms with van der Waals surface area (Å²) < 4.78 is 0. The van der Waals surface area contributed by atoms with Crippen molar-refractivity contribution in [2.45, 2.75) is 6.42 Å². The fourth-order valence-electron chi connectivity index (χ4n) is 1.29. The first-order valence-electron chi connectivity index (χ1n) is 5.36. The largest absolute Gasteiger partial charge is 0.505 e. The molecule has 6 N–H and O–H groups in total. The van der Waals surface area contributed by atoms with Crippen molar-refractivity contribution in [1.82, 2.24) is 5.32 Å².